The first-order chi connectivity index (χ1) is 9.14. The molecule has 100 valence electrons. The Morgan fingerprint density at radius 3 is 2.89 bits per heavy atom. The Bertz CT molecular complexity index is 569. The van der Waals surface area contributed by atoms with Crippen molar-refractivity contribution in [3.05, 3.63) is 36.5 Å². The highest BCUT2D eigenvalue weighted by Crippen LogP contribution is 2.36. The first-order valence-corrected chi connectivity index (χ1v) is 7.24. The molecule has 1 heterocycles. The zero-order valence-corrected chi connectivity index (χ0v) is 11.8. The number of fused-ring (bicyclic) bond motifs is 1. The fourth-order valence-corrected chi connectivity index (χ4v) is 3.25. The molecular weight excluding hydrogens is 232 g/mol. The number of nitrogens with one attached hydrogen (secondary N) is 1. The van der Waals surface area contributed by atoms with Crippen LogP contribution in [0, 0.1) is 5.41 Å². The molecule has 3 rings (SSSR count). The van der Waals surface area contributed by atoms with E-state index in [1.807, 2.05) is 6.20 Å². The minimum absolute atomic E-state index is 0.459. The van der Waals surface area contributed by atoms with E-state index in [9.17, 15) is 0 Å². The molecule has 1 aromatic heterocycles. The van der Waals surface area contributed by atoms with E-state index in [0.717, 1.165) is 5.82 Å². The van der Waals surface area contributed by atoms with Gasteiger partial charge in [0.25, 0.3) is 0 Å². The molecule has 19 heavy (non-hydrogen) atoms. The third-order valence-electron chi connectivity index (χ3n) is 4.22. The molecular formula is C17H22N2. The Kier molecular flexibility index (Phi) is 3.17. The molecule has 0 aliphatic heterocycles. The third-order valence-corrected chi connectivity index (χ3v) is 4.22. The molecule has 0 radical (unpaired) electrons. The molecule has 1 aromatic carbocycles. The van der Waals surface area contributed by atoms with E-state index < -0.39 is 0 Å². The lowest BCUT2D eigenvalue weighted by Gasteiger charge is -2.35. The zero-order chi connectivity index (χ0) is 13.3. The summed E-state index contributed by atoms with van der Waals surface area (Å²) in [6.07, 6.45) is 7.05. The Labute approximate surface area is 115 Å². The quantitative estimate of drug-likeness (QED) is 0.846. The summed E-state index contributed by atoms with van der Waals surface area (Å²) in [5, 5.41) is 6.16. The molecule has 2 heteroatoms. The van der Waals surface area contributed by atoms with Crippen LogP contribution in [0.1, 0.15) is 39.5 Å². The Balaban J connectivity index is 1.85. The van der Waals surface area contributed by atoms with Gasteiger partial charge in [-0.2, -0.15) is 0 Å². The summed E-state index contributed by atoms with van der Waals surface area (Å²) in [5.41, 5.74) is 0.459. The molecule has 1 fully saturated rings. The van der Waals surface area contributed by atoms with Crippen molar-refractivity contribution in [2.75, 3.05) is 5.32 Å². The molecule has 1 aliphatic rings. The Morgan fingerprint density at radius 2 is 2.05 bits per heavy atom. The normalized spacial score (nSPS) is 22.3. The summed E-state index contributed by atoms with van der Waals surface area (Å²) in [6.45, 7) is 4.74. The van der Waals surface area contributed by atoms with Crippen molar-refractivity contribution in [3.8, 4) is 0 Å². The van der Waals surface area contributed by atoms with Crippen molar-refractivity contribution >= 4 is 16.6 Å². The number of rotatable bonds is 2. The van der Waals surface area contributed by atoms with Crippen LogP contribution >= 0.6 is 0 Å². The summed E-state index contributed by atoms with van der Waals surface area (Å²) in [4.78, 5) is 4.54. The highest BCUT2D eigenvalue weighted by atomic mass is 15.0. The molecule has 0 amide bonds. The van der Waals surface area contributed by atoms with Crippen molar-refractivity contribution in [1.82, 2.24) is 4.98 Å². The number of hydrogen-bond donors (Lipinski definition) is 1. The maximum Gasteiger partial charge on any atom is 0.134 e. The van der Waals surface area contributed by atoms with Gasteiger partial charge in [0.15, 0.2) is 0 Å². The van der Waals surface area contributed by atoms with Crippen LogP contribution in [0.5, 0.6) is 0 Å². The van der Waals surface area contributed by atoms with Crippen molar-refractivity contribution in [2.24, 2.45) is 5.41 Å². The minimum atomic E-state index is 0.459. The van der Waals surface area contributed by atoms with E-state index in [4.69, 9.17) is 0 Å². The zero-order valence-electron chi connectivity index (χ0n) is 11.8. The molecule has 2 nitrogen and oxygen atoms in total. The van der Waals surface area contributed by atoms with E-state index in [2.05, 4.69) is 54.5 Å². The Hall–Kier alpha value is -1.57. The molecule has 1 unspecified atom stereocenters. The second kappa shape index (κ2) is 4.84. The minimum Gasteiger partial charge on any atom is -0.367 e. The second-order valence-corrected chi connectivity index (χ2v) is 6.48. The number of pyridine rings is 1. The average Bonchev–Trinajstić information content (AvgIpc) is 2.38. The fourth-order valence-electron chi connectivity index (χ4n) is 3.25. The van der Waals surface area contributed by atoms with Crippen LogP contribution in [0.15, 0.2) is 36.5 Å². The maximum atomic E-state index is 4.54. The number of aromatic nitrogens is 1. The van der Waals surface area contributed by atoms with Crippen molar-refractivity contribution in [3.63, 3.8) is 0 Å². The summed E-state index contributed by atoms with van der Waals surface area (Å²) < 4.78 is 0. The monoisotopic (exact) mass is 254 g/mol. The molecule has 1 saturated carbocycles. The maximum absolute atomic E-state index is 4.54. The van der Waals surface area contributed by atoms with E-state index in [0.29, 0.717) is 11.5 Å². The lowest BCUT2D eigenvalue weighted by atomic mass is 9.75. The van der Waals surface area contributed by atoms with Gasteiger partial charge < -0.3 is 5.32 Å². The van der Waals surface area contributed by atoms with Gasteiger partial charge >= 0.3 is 0 Å². The highest BCUT2D eigenvalue weighted by molar-refractivity contribution is 5.91. The molecule has 0 bridgehead atoms. The van der Waals surface area contributed by atoms with Crippen LogP contribution in [0.3, 0.4) is 0 Å². The van der Waals surface area contributed by atoms with E-state index in [-0.39, 0.29) is 0 Å². The summed E-state index contributed by atoms with van der Waals surface area (Å²) in [6, 6.07) is 11.1. The van der Waals surface area contributed by atoms with E-state index in [1.54, 1.807) is 0 Å². The van der Waals surface area contributed by atoms with Gasteiger partial charge in [0.2, 0.25) is 0 Å². The van der Waals surface area contributed by atoms with Crippen LogP contribution in [0.4, 0.5) is 5.82 Å². The van der Waals surface area contributed by atoms with Crippen molar-refractivity contribution in [1.29, 1.82) is 0 Å². The first-order valence-electron chi connectivity index (χ1n) is 7.24. The summed E-state index contributed by atoms with van der Waals surface area (Å²) in [7, 11) is 0. The SMILES string of the molecule is CC1(C)CCCC(Nc2nccc3ccccc23)C1. The van der Waals surface area contributed by atoms with E-state index >= 15 is 0 Å². The molecule has 1 N–H and O–H groups in total. The van der Waals surface area contributed by atoms with Gasteiger partial charge in [-0.15, -0.1) is 0 Å². The molecule has 2 aromatic rings. The number of benzene rings is 1. The molecule has 0 saturated heterocycles. The van der Waals surface area contributed by atoms with Gasteiger partial charge in [0, 0.05) is 17.6 Å². The van der Waals surface area contributed by atoms with Gasteiger partial charge in [0.1, 0.15) is 5.82 Å². The lowest BCUT2D eigenvalue weighted by molar-refractivity contribution is 0.229. The largest absolute Gasteiger partial charge is 0.367 e. The van der Waals surface area contributed by atoms with Crippen LogP contribution in [-0.4, -0.2) is 11.0 Å². The van der Waals surface area contributed by atoms with Crippen LogP contribution in [0.2, 0.25) is 0 Å². The smallest absolute Gasteiger partial charge is 0.134 e. The van der Waals surface area contributed by atoms with Gasteiger partial charge in [-0.1, -0.05) is 44.5 Å². The predicted molar refractivity (Wildman–Crippen MR) is 81.4 cm³/mol. The van der Waals surface area contributed by atoms with E-state index in [1.165, 1.54) is 36.5 Å². The first kappa shape index (κ1) is 12.5. The van der Waals surface area contributed by atoms with Gasteiger partial charge in [-0.25, -0.2) is 4.98 Å². The van der Waals surface area contributed by atoms with Crippen LogP contribution < -0.4 is 5.32 Å². The van der Waals surface area contributed by atoms with Crippen LogP contribution in [0.25, 0.3) is 10.8 Å². The molecule has 1 atom stereocenters. The Morgan fingerprint density at radius 1 is 1.21 bits per heavy atom. The van der Waals surface area contributed by atoms with Gasteiger partial charge in [-0.3, -0.25) is 0 Å². The third kappa shape index (κ3) is 2.73. The summed E-state index contributed by atoms with van der Waals surface area (Å²) in [5.74, 6) is 1.04. The fraction of sp³-hybridized carbons (Fsp3) is 0.471. The second-order valence-electron chi connectivity index (χ2n) is 6.48. The van der Waals surface area contributed by atoms with Gasteiger partial charge in [-0.05, 0) is 36.1 Å². The average molecular weight is 254 g/mol. The summed E-state index contributed by atoms with van der Waals surface area (Å²) >= 11 is 0. The van der Waals surface area contributed by atoms with Crippen molar-refractivity contribution in [2.45, 2.75) is 45.6 Å². The van der Waals surface area contributed by atoms with Crippen LogP contribution in [-0.2, 0) is 0 Å². The molecule has 1 aliphatic carbocycles. The van der Waals surface area contributed by atoms with Crippen molar-refractivity contribution < 1.29 is 0 Å². The number of anilines is 1. The number of nitrogens with zero attached hydrogens (tertiary/aromatic N) is 1. The predicted octanol–water partition coefficient (Wildman–Crippen LogP) is 4.62. The number of hydrogen-bond acceptors (Lipinski definition) is 2. The topological polar surface area (TPSA) is 24.9 Å². The highest BCUT2D eigenvalue weighted by Gasteiger charge is 2.28. The molecule has 0 spiro atoms. The van der Waals surface area contributed by atoms with Gasteiger partial charge in [0.05, 0.1) is 0 Å². The standard InChI is InChI=1S/C17H22N2/c1-17(2)10-5-7-14(12-17)19-16-15-8-4-3-6-13(15)9-11-18-16/h3-4,6,8-9,11,14H,5,7,10,12H2,1-2H3,(H,18,19). The lowest BCUT2D eigenvalue weighted by Crippen LogP contribution is -2.32.